The molecule has 0 unspecified atom stereocenters. The summed E-state index contributed by atoms with van der Waals surface area (Å²) in [6.07, 6.45) is 0. The average Bonchev–Trinajstić information content (AvgIpc) is 3.29. The zero-order valence-corrected chi connectivity index (χ0v) is 16.3. The molecule has 6 nitrogen and oxygen atoms in total. The van der Waals surface area contributed by atoms with E-state index in [4.69, 9.17) is 4.74 Å². The number of nitrogens with one attached hydrogen (secondary N) is 1. The van der Waals surface area contributed by atoms with E-state index in [9.17, 15) is 14.4 Å². The summed E-state index contributed by atoms with van der Waals surface area (Å²) in [5.74, 6) is -1.16. The van der Waals surface area contributed by atoms with Gasteiger partial charge in [-0.1, -0.05) is 12.1 Å². The van der Waals surface area contributed by atoms with Crippen molar-refractivity contribution in [2.24, 2.45) is 0 Å². The van der Waals surface area contributed by atoms with Crippen molar-refractivity contribution >= 4 is 46.0 Å². The van der Waals surface area contributed by atoms with Crippen LogP contribution in [0.5, 0.6) is 0 Å². The monoisotopic (exact) mass is 400 g/mol. The van der Waals surface area contributed by atoms with Crippen LogP contribution in [0.3, 0.4) is 0 Å². The van der Waals surface area contributed by atoms with E-state index in [1.54, 1.807) is 42.5 Å². The van der Waals surface area contributed by atoms with Crippen LogP contribution >= 0.6 is 22.7 Å². The Morgan fingerprint density at radius 1 is 1.22 bits per heavy atom. The van der Waals surface area contributed by atoms with Gasteiger partial charge in [0.25, 0.3) is 5.91 Å². The van der Waals surface area contributed by atoms with Crippen LogP contribution in [0.2, 0.25) is 0 Å². The minimum absolute atomic E-state index is 0.0976. The summed E-state index contributed by atoms with van der Waals surface area (Å²) in [7, 11) is 0. The summed E-state index contributed by atoms with van der Waals surface area (Å²) >= 11 is 2.79. The van der Waals surface area contributed by atoms with Crippen molar-refractivity contribution in [1.82, 2.24) is 4.98 Å². The fraction of sp³-hybridized carbons (Fsp3) is 0.158. The van der Waals surface area contributed by atoms with Crippen molar-refractivity contribution in [1.29, 1.82) is 0 Å². The molecule has 0 aliphatic heterocycles. The number of esters is 1. The topological polar surface area (TPSA) is 85.4 Å². The highest BCUT2D eigenvalue weighted by Crippen LogP contribution is 2.29. The molecule has 0 saturated heterocycles. The SMILES string of the molecule is CC(=O)c1cccc(NC(=O)COC(=O)c2sc(-c3ccsc3)nc2C)c1. The van der Waals surface area contributed by atoms with E-state index in [2.05, 4.69) is 10.3 Å². The van der Waals surface area contributed by atoms with E-state index < -0.39 is 18.5 Å². The second kappa shape index (κ2) is 8.24. The molecule has 8 heteroatoms. The molecule has 3 rings (SSSR count). The second-order valence-electron chi connectivity index (χ2n) is 5.71. The third kappa shape index (κ3) is 4.66. The lowest BCUT2D eigenvalue weighted by Gasteiger charge is -2.07. The van der Waals surface area contributed by atoms with Crippen LogP contribution in [0.1, 0.15) is 32.6 Å². The highest BCUT2D eigenvalue weighted by atomic mass is 32.1. The molecule has 1 amide bonds. The average molecular weight is 400 g/mol. The van der Waals surface area contributed by atoms with Gasteiger partial charge < -0.3 is 10.1 Å². The molecule has 0 saturated carbocycles. The number of anilines is 1. The van der Waals surface area contributed by atoms with Gasteiger partial charge in [-0.2, -0.15) is 11.3 Å². The molecule has 0 bridgehead atoms. The van der Waals surface area contributed by atoms with Gasteiger partial charge in [-0.25, -0.2) is 9.78 Å². The van der Waals surface area contributed by atoms with Crippen LogP contribution in [0, 0.1) is 6.92 Å². The number of benzene rings is 1. The first-order chi connectivity index (χ1) is 12.9. The van der Waals surface area contributed by atoms with Gasteiger partial charge in [-0.3, -0.25) is 9.59 Å². The predicted octanol–water partition coefficient (Wildman–Crippen LogP) is 4.18. The van der Waals surface area contributed by atoms with Gasteiger partial charge in [0.15, 0.2) is 12.4 Å². The number of ether oxygens (including phenoxy) is 1. The molecule has 138 valence electrons. The number of hydrogen-bond donors (Lipinski definition) is 1. The number of carbonyl (C=O) groups excluding carboxylic acids is 3. The zero-order chi connectivity index (χ0) is 19.4. The number of aromatic nitrogens is 1. The van der Waals surface area contributed by atoms with Gasteiger partial charge >= 0.3 is 5.97 Å². The highest BCUT2D eigenvalue weighted by Gasteiger charge is 2.19. The van der Waals surface area contributed by atoms with Crippen molar-refractivity contribution in [3.05, 3.63) is 57.2 Å². The minimum Gasteiger partial charge on any atom is -0.451 e. The number of amides is 1. The van der Waals surface area contributed by atoms with Gasteiger partial charge in [-0.05, 0) is 37.4 Å². The number of thiazole rings is 1. The summed E-state index contributed by atoms with van der Waals surface area (Å²) in [5.41, 5.74) is 2.49. The number of rotatable bonds is 6. The van der Waals surface area contributed by atoms with Crippen LogP contribution in [0.4, 0.5) is 5.69 Å². The van der Waals surface area contributed by atoms with Crippen molar-refractivity contribution < 1.29 is 19.1 Å². The van der Waals surface area contributed by atoms with Gasteiger partial charge in [0, 0.05) is 22.2 Å². The number of thiophene rings is 1. The van der Waals surface area contributed by atoms with Gasteiger partial charge in [-0.15, -0.1) is 11.3 Å². The van der Waals surface area contributed by atoms with Gasteiger partial charge in [0.1, 0.15) is 9.88 Å². The Kier molecular flexibility index (Phi) is 5.78. The van der Waals surface area contributed by atoms with Crippen molar-refractivity contribution in [2.75, 3.05) is 11.9 Å². The number of ketones is 1. The maximum atomic E-state index is 12.3. The molecule has 2 heterocycles. The van der Waals surface area contributed by atoms with Gasteiger partial charge in [0.2, 0.25) is 0 Å². The first-order valence-corrected chi connectivity index (χ1v) is 9.78. The quantitative estimate of drug-likeness (QED) is 0.496. The molecule has 0 atom stereocenters. The second-order valence-corrected chi connectivity index (χ2v) is 7.49. The smallest absolute Gasteiger partial charge is 0.350 e. The van der Waals surface area contributed by atoms with Crippen molar-refractivity contribution in [2.45, 2.75) is 13.8 Å². The minimum atomic E-state index is -0.584. The summed E-state index contributed by atoms with van der Waals surface area (Å²) in [4.78, 5) is 40.4. The molecule has 0 radical (unpaired) electrons. The Morgan fingerprint density at radius 2 is 2.04 bits per heavy atom. The third-order valence-corrected chi connectivity index (χ3v) is 5.51. The first-order valence-electron chi connectivity index (χ1n) is 8.02. The summed E-state index contributed by atoms with van der Waals surface area (Å²) in [5, 5.41) is 7.24. The third-order valence-electron chi connectivity index (χ3n) is 3.64. The van der Waals surface area contributed by atoms with Crippen LogP contribution in [-0.2, 0) is 9.53 Å². The molecular formula is C19H16N2O4S2. The fourth-order valence-corrected chi connectivity index (χ4v) is 3.98. The normalized spacial score (nSPS) is 10.4. The van der Waals surface area contributed by atoms with E-state index in [0.29, 0.717) is 21.8 Å². The largest absolute Gasteiger partial charge is 0.451 e. The number of aryl methyl sites for hydroxylation is 1. The summed E-state index contributed by atoms with van der Waals surface area (Å²) in [6, 6.07) is 8.50. The zero-order valence-electron chi connectivity index (χ0n) is 14.6. The molecule has 0 aliphatic rings. The highest BCUT2D eigenvalue weighted by molar-refractivity contribution is 7.17. The lowest BCUT2D eigenvalue weighted by atomic mass is 10.1. The molecule has 1 N–H and O–H groups in total. The molecule has 3 aromatic rings. The fourth-order valence-electron chi connectivity index (χ4n) is 2.31. The van der Waals surface area contributed by atoms with E-state index in [-0.39, 0.29) is 5.78 Å². The van der Waals surface area contributed by atoms with Crippen LogP contribution in [-0.4, -0.2) is 29.3 Å². The Morgan fingerprint density at radius 3 is 2.74 bits per heavy atom. The maximum absolute atomic E-state index is 12.3. The van der Waals surface area contributed by atoms with E-state index in [1.165, 1.54) is 18.3 Å². The summed E-state index contributed by atoms with van der Waals surface area (Å²) in [6.45, 7) is 2.76. The van der Waals surface area contributed by atoms with E-state index in [1.807, 2.05) is 16.8 Å². The number of nitrogens with zero attached hydrogens (tertiary/aromatic N) is 1. The Labute approximate surface area is 163 Å². The number of carbonyl (C=O) groups is 3. The maximum Gasteiger partial charge on any atom is 0.350 e. The molecule has 0 aliphatic carbocycles. The molecule has 1 aromatic carbocycles. The first kappa shape index (κ1) is 18.9. The van der Waals surface area contributed by atoms with Gasteiger partial charge in [0.05, 0.1) is 5.69 Å². The van der Waals surface area contributed by atoms with Crippen LogP contribution in [0.15, 0.2) is 41.1 Å². The lowest BCUT2D eigenvalue weighted by Crippen LogP contribution is -2.21. The van der Waals surface area contributed by atoms with Crippen LogP contribution < -0.4 is 5.32 Å². The number of hydrogen-bond acceptors (Lipinski definition) is 7. The van der Waals surface area contributed by atoms with Crippen LogP contribution in [0.25, 0.3) is 10.6 Å². The Bertz CT molecular complexity index is 993. The standard InChI is InChI=1S/C19H16N2O4S2/c1-11-17(27-18(20-11)14-6-7-26-10-14)19(24)25-9-16(23)21-15-5-3-4-13(8-15)12(2)22/h3-8,10H,9H2,1-2H3,(H,21,23). The molecule has 27 heavy (non-hydrogen) atoms. The van der Waals surface area contributed by atoms with Crippen molar-refractivity contribution in [3.63, 3.8) is 0 Å². The predicted molar refractivity (Wildman–Crippen MR) is 106 cm³/mol. The van der Waals surface area contributed by atoms with E-state index in [0.717, 1.165) is 10.6 Å². The molecule has 0 fully saturated rings. The Hall–Kier alpha value is -2.84. The molecular weight excluding hydrogens is 384 g/mol. The molecule has 0 spiro atoms. The Balaban J connectivity index is 1.60. The molecule has 2 aromatic heterocycles. The van der Waals surface area contributed by atoms with E-state index >= 15 is 0 Å². The summed E-state index contributed by atoms with van der Waals surface area (Å²) < 4.78 is 5.11. The lowest BCUT2D eigenvalue weighted by molar-refractivity contribution is -0.119. The van der Waals surface area contributed by atoms with Crippen molar-refractivity contribution in [3.8, 4) is 10.6 Å². The number of Topliss-reactive ketones (excluding diaryl/α,β-unsaturated/α-hetero) is 1.